The Bertz CT molecular complexity index is 1560. The van der Waals surface area contributed by atoms with E-state index in [-0.39, 0.29) is 0 Å². The molecule has 0 saturated carbocycles. The van der Waals surface area contributed by atoms with E-state index in [0.29, 0.717) is 0 Å². The second kappa shape index (κ2) is 11.1. The van der Waals surface area contributed by atoms with E-state index >= 15 is 0 Å². The minimum absolute atomic E-state index is 1.09. The number of hydrogen-bond donors (Lipinski definition) is 0. The van der Waals surface area contributed by atoms with Crippen LogP contribution in [0.5, 0.6) is 0 Å². The van der Waals surface area contributed by atoms with Crippen LogP contribution >= 0.6 is 15.9 Å². The van der Waals surface area contributed by atoms with Crippen LogP contribution < -0.4 is 4.90 Å². The molecule has 0 radical (unpaired) electrons. The Morgan fingerprint density at radius 3 is 1.37 bits per heavy atom. The molecule has 0 heterocycles. The van der Waals surface area contributed by atoms with Crippen LogP contribution in [0.1, 0.15) is 18.4 Å². The quantitative estimate of drug-likeness (QED) is 0.202. The van der Waals surface area contributed by atoms with Crippen LogP contribution in [0.25, 0.3) is 27.8 Å². The van der Waals surface area contributed by atoms with Crippen molar-refractivity contribution in [3.63, 3.8) is 0 Å². The highest BCUT2D eigenvalue weighted by Gasteiger charge is 2.14. The van der Waals surface area contributed by atoms with E-state index in [0.717, 1.165) is 34.4 Å². The molecular weight excluding hydrogens is 526 g/mol. The van der Waals surface area contributed by atoms with E-state index < -0.39 is 0 Å². The fourth-order valence-electron chi connectivity index (χ4n) is 4.96. The SMILES string of the molecule is Brc1ccc(-c2ccc(N(c3ccc(C4=CCCC=C4)cc3)c3ccc(-c4ccccc4)cc3)cc2)cc1. The molecule has 184 valence electrons. The Kier molecular flexibility index (Phi) is 7.06. The topological polar surface area (TPSA) is 3.24 Å². The van der Waals surface area contributed by atoms with Crippen molar-refractivity contribution in [3.8, 4) is 22.3 Å². The largest absolute Gasteiger partial charge is 0.311 e. The van der Waals surface area contributed by atoms with Crippen molar-refractivity contribution in [2.75, 3.05) is 4.90 Å². The van der Waals surface area contributed by atoms with E-state index in [1.165, 1.54) is 33.4 Å². The minimum atomic E-state index is 1.09. The number of benzene rings is 5. The molecular formula is C36H28BrN. The molecule has 0 bridgehead atoms. The average Bonchev–Trinajstić information content (AvgIpc) is 3.00. The zero-order valence-corrected chi connectivity index (χ0v) is 22.7. The van der Waals surface area contributed by atoms with Crippen molar-refractivity contribution >= 4 is 38.6 Å². The summed E-state index contributed by atoms with van der Waals surface area (Å²) >= 11 is 3.54. The molecule has 1 aliphatic rings. The number of hydrogen-bond acceptors (Lipinski definition) is 1. The first-order chi connectivity index (χ1) is 18.7. The molecule has 5 aromatic carbocycles. The second-order valence-corrected chi connectivity index (χ2v) is 10.4. The summed E-state index contributed by atoms with van der Waals surface area (Å²) in [4.78, 5) is 2.33. The normalized spacial score (nSPS) is 12.7. The number of allylic oxidation sites excluding steroid dienone is 4. The van der Waals surface area contributed by atoms with E-state index in [1.54, 1.807) is 0 Å². The maximum absolute atomic E-state index is 3.54. The van der Waals surface area contributed by atoms with Gasteiger partial charge in [-0.25, -0.2) is 0 Å². The van der Waals surface area contributed by atoms with Gasteiger partial charge in [-0.3, -0.25) is 0 Å². The molecule has 0 fully saturated rings. The van der Waals surface area contributed by atoms with Crippen molar-refractivity contribution in [1.82, 2.24) is 0 Å². The van der Waals surface area contributed by atoms with Gasteiger partial charge in [0, 0.05) is 21.5 Å². The number of anilines is 3. The van der Waals surface area contributed by atoms with Gasteiger partial charge < -0.3 is 4.90 Å². The minimum Gasteiger partial charge on any atom is -0.311 e. The monoisotopic (exact) mass is 553 g/mol. The highest BCUT2D eigenvalue weighted by atomic mass is 79.9. The van der Waals surface area contributed by atoms with E-state index in [1.807, 2.05) is 0 Å². The summed E-state index contributed by atoms with van der Waals surface area (Å²) in [6, 6.07) is 45.6. The van der Waals surface area contributed by atoms with Crippen LogP contribution in [0.2, 0.25) is 0 Å². The Labute approximate surface area is 233 Å². The molecule has 0 aromatic heterocycles. The molecule has 0 unspecified atom stereocenters. The van der Waals surface area contributed by atoms with Crippen LogP contribution in [0.15, 0.2) is 150 Å². The molecule has 0 spiro atoms. The summed E-state index contributed by atoms with van der Waals surface area (Å²) in [5.41, 5.74) is 10.8. The highest BCUT2D eigenvalue weighted by molar-refractivity contribution is 9.10. The van der Waals surface area contributed by atoms with Gasteiger partial charge in [-0.05, 0) is 94.8 Å². The first-order valence-corrected chi connectivity index (χ1v) is 13.8. The Morgan fingerprint density at radius 1 is 0.447 bits per heavy atom. The summed E-state index contributed by atoms with van der Waals surface area (Å²) < 4.78 is 1.09. The van der Waals surface area contributed by atoms with Crippen molar-refractivity contribution in [2.24, 2.45) is 0 Å². The first kappa shape index (κ1) is 24.2. The lowest BCUT2D eigenvalue weighted by Crippen LogP contribution is -2.10. The van der Waals surface area contributed by atoms with Crippen LogP contribution in [0.4, 0.5) is 17.1 Å². The zero-order valence-electron chi connectivity index (χ0n) is 21.1. The predicted octanol–water partition coefficient (Wildman–Crippen LogP) is 11.0. The fraction of sp³-hybridized carbons (Fsp3) is 0.0556. The van der Waals surface area contributed by atoms with E-state index in [2.05, 4.69) is 166 Å². The molecule has 0 N–H and O–H groups in total. The van der Waals surface area contributed by atoms with Crippen molar-refractivity contribution < 1.29 is 0 Å². The van der Waals surface area contributed by atoms with Crippen LogP contribution in [0, 0.1) is 0 Å². The zero-order chi connectivity index (χ0) is 25.7. The molecule has 2 heteroatoms. The van der Waals surface area contributed by atoms with Gasteiger partial charge in [-0.2, -0.15) is 0 Å². The Morgan fingerprint density at radius 2 is 0.895 bits per heavy atom. The average molecular weight is 555 g/mol. The van der Waals surface area contributed by atoms with Gasteiger partial charge in [-0.15, -0.1) is 0 Å². The summed E-state index contributed by atoms with van der Waals surface area (Å²) in [6.45, 7) is 0. The van der Waals surface area contributed by atoms with Gasteiger partial charge in [0.1, 0.15) is 0 Å². The molecule has 0 aliphatic heterocycles. The maximum atomic E-state index is 3.54. The summed E-state index contributed by atoms with van der Waals surface area (Å²) in [6.07, 6.45) is 9.06. The third-order valence-electron chi connectivity index (χ3n) is 6.99. The van der Waals surface area contributed by atoms with Crippen molar-refractivity contribution in [3.05, 3.63) is 156 Å². The molecule has 6 rings (SSSR count). The third-order valence-corrected chi connectivity index (χ3v) is 7.52. The standard InChI is InChI=1S/C36H28BrN/c37-33-19-11-29(12-20-33)32-17-25-36(26-18-32)38(34-21-13-30(14-22-34)27-7-3-1-4-8-27)35-23-15-31(16-24-35)28-9-5-2-6-10-28/h1,3-5,7-26H,2,6H2. The van der Waals surface area contributed by atoms with Gasteiger partial charge in [0.05, 0.1) is 0 Å². The molecule has 38 heavy (non-hydrogen) atoms. The highest BCUT2D eigenvalue weighted by Crippen LogP contribution is 2.37. The molecule has 0 amide bonds. The molecule has 0 atom stereocenters. The smallest absolute Gasteiger partial charge is 0.0462 e. The van der Waals surface area contributed by atoms with Gasteiger partial charge in [0.25, 0.3) is 0 Å². The van der Waals surface area contributed by atoms with Crippen LogP contribution in [0.3, 0.4) is 0 Å². The maximum Gasteiger partial charge on any atom is 0.0462 e. The van der Waals surface area contributed by atoms with Gasteiger partial charge in [-0.1, -0.05) is 113 Å². The van der Waals surface area contributed by atoms with Crippen molar-refractivity contribution in [2.45, 2.75) is 12.8 Å². The number of halogens is 1. The summed E-state index contributed by atoms with van der Waals surface area (Å²) in [7, 11) is 0. The lowest BCUT2D eigenvalue weighted by molar-refractivity contribution is 1.04. The Hall–Kier alpha value is -4.14. The Balaban J connectivity index is 1.37. The van der Waals surface area contributed by atoms with E-state index in [4.69, 9.17) is 0 Å². The first-order valence-electron chi connectivity index (χ1n) is 13.0. The molecule has 5 aromatic rings. The van der Waals surface area contributed by atoms with E-state index in [9.17, 15) is 0 Å². The van der Waals surface area contributed by atoms with Crippen molar-refractivity contribution in [1.29, 1.82) is 0 Å². The third kappa shape index (κ3) is 5.27. The van der Waals surface area contributed by atoms with Crippen LogP contribution in [-0.4, -0.2) is 0 Å². The van der Waals surface area contributed by atoms with Gasteiger partial charge in [0.15, 0.2) is 0 Å². The fourth-order valence-corrected chi connectivity index (χ4v) is 5.22. The number of rotatable bonds is 6. The second-order valence-electron chi connectivity index (χ2n) is 9.49. The molecule has 1 nitrogen and oxygen atoms in total. The molecule has 0 saturated heterocycles. The summed E-state index contributed by atoms with van der Waals surface area (Å²) in [5.74, 6) is 0. The summed E-state index contributed by atoms with van der Waals surface area (Å²) in [5, 5.41) is 0. The lowest BCUT2D eigenvalue weighted by atomic mass is 9.99. The number of nitrogens with zero attached hydrogens (tertiary/aromatic N) is 1. The molecule has 1 aliphatic carbocycles. The van der Waals surface area contributed by atoms with Gasteiger partial charge >= 0.3 is 0 Å². The predicted molar refractivity (Wildman–Crippen MR) is 166 cm³/mol. The lowest BCUT2D eigenvalue weighted by Gasteiger charge is -2.26. The van der Waals surface area contributed by atoms with Crippen LogP contribution in [-0.2, 0) is 0 Å². The van der Waals surface area contributed by atoms with Gasteiger partial charge in [0.2, 0.25) is 0 Å².